The lowest BCUT2D eigenvalue weighted by atomic mass is 10.1. The number of nitrogens with one attached hydrogen (secondary N) is 1. The van der Waals surface area contributed by atoms with E-state index in [0.29, 0.717) is 0 Å². The molecular formula is C22H16BrN3O2. The molecule has 0 aliphatic heterocycles. The van der Waals surface area contributed by atoms with Crippen molar-refractivity contribution in [2.24, 2.45) is 5.10 Å². The van der Waals surface area contributed by atoms with Crippen molar-refractivity contribution in [1.29, 1.82) is 0 Å². The van der Waals surface area contributed by atoms with Gasteiger partial charge in [0, 0.05) is 16.4 Å². The van der Waals surface area contributed by atoms with E-state index in [9.17, 15) is 9.90 Å². The fourth-order valence-electron chi connectivity index (χ4n) is 2.99. The third-order valence-corrected chi connectivity index (χ3v) is 4.83. The van der Waals surface area contributed by atoms with Crippen molar-refractivity contribution in [3.05, 3.63) is 94.7 Å². The fourth-order valence-corrected chi connectivity index (χ4v) is 3.37. The van der Waals surface area contributed by atoms with Gasteiger partial charge in [0.05, 0.1) is 17.5 Å². The summed E-state index contributed by atoms with van der Waals surface area (Å²) in [5, 5.41) is 16.0. The topological polar surface area (TPSA) is 66.6 Å². The van der Waals surface area contributed by atoms with E-state index in [4.69, 9.17) is 0 Å². The van der Waals surface area contributed by atoms with Gasteiger partial charge in [0.1, 0.15) is 5.75 Å². The second kappa shape index (κ2) is 7.70. The van der Waals surface area contributed by atoms with Crippen LogP contribution in [0.1, 0.15) is 16.1 Å². The van der Waals surface area contributed by atoms with E-state index in [1.54, 1.807) is 18.3 Å². The van der Waals surface area contributed by atoms with Gasteiger partial charge in [-0.1, -0.05) is 46.3 Å². The molecule has 6 heteroatoms. The number of amides is 1. The Morgan fingerprint density at radius 1 is 1.00 bits per heavy atom. The third kappa shape index (κ3) is 3.68. The van der Waals surface area contributed by atoms with Gasteiger partial charge >= 0.3 is 0 Å². The van der Waals surface area contributed by atoms with Gasteiger partial charge in [0.15, 0.2) is 0 Å². The highest BCUT2D eigenvalue weighted by atomic mass is 79.9. The molecule has 1 amide bonds. The van der Waals surface area contributed by atoms with Crippen LogP contribution in [0.5, 0.6) is 5.75 Å². The van der Waals surface area contributed by atoms with Crippen molar-refractivity contribution in [3.63, 3.8) is 0 Å². The normalized spacial score (nSPS) is 11.2. The summed E-state index contributed by atoms with van der Waals surface area (Å²) in [7, 11) is 0. The van der Waals surface area contributed by atoms with Crippen LogP contribution < -0.4 is 5.43 Å². The number of hydrogen-bond donors (Lipinski definition) is 2. The largest absolute Gasteiger partial charge is 0.507 e. The van der Waals surface area contributed by atoms with Crippen molar-refractivity contribution < 1.29 is 9.90 Å². The standard InChI is InChI=1S/C22H16BrN3O2/c23-17-7-3-8-18(13-17)26-10-4-9-19(26)14-24-25-22(28)20-11-15-5-1-2-6-16(15)12-21(20)27/h1-14,27H,(H,25,28). The summed E-state index contributed by atoms with van der Waals surface area (Å²) in [5.41, 5.74) is 4.44. The average molecular weight is 434 g/mol. The average Bonchev–Trinajstić information content (AvgIpc) is 3.16. The first kappa shape index (κ1) is 18.0. The smallest absolute Gasteiger partial charge is 0.275 e. The Morgan fingerprint density at radius 2 is 1.79 bits per heavy atom. The molecule has 4 rings (SSSR count). The lowest BCUT2D eigenvalue weighted by Gasteiger charge is -2.07. The van der Waals surface area contributed by atoms with E-state index in [0.717, 1.165) is 26.6 Å². The van der Waals surface area contributed by atoms with Gasteiger partial charge in [-0.25, -0.2) is 5.43 Å². The second-order valence-corrected chi connectivity index (χ2v) is 7.11. The first-order valence-electron chi connectivity index (χ1n) is 8.60. The number of carbonyl (C=O) groups excluding carboxylic acids is 1. The number of aromatic nitrogens is 1. The summed E-state index contributed by atoms with van der Waals surface area (Å²) in [6.45, 7) is 0. The molecule has 0 aliphatic carbocycles. The number of benzene rings is 3. The number of halogens is 1. The number of hydrogen-bond acceptors (Lipinski definition) is 3. The summed E-state index contributed by atoms with van der Waals surface area (Å²) in [5.74, 6) is -0.552. The van der Waals surface area contributed by atoms with Crippen molar-refractivity contribution in [3.8, 4) is 11.4 Å². The molecule has 0 bridgehead atoms. The minimum absolute atomic E-state index is 0.0797. The molecule has 2 N–H and O–H groups in total. The molecule has 5 nitrogen and oxygen atoms in total. The molecule has 4 aromatic rings. The molecule has 0 atom stereocenters. The second-order valence-electron chi connectivity index (χ2n) is 6.20. The van der Waals surface area contributed by atoms with E-state index in [1.165, 1.54) is 0 Å². The molecule has 3 aromatic carbocycles. The van der Waals surface area contributed by atoms with E-state index >= 15 is 0 Å². The van der Waals surface area contributed by atoms with Crippen molar-refractivity contribution in [1.82, 2.24) is 9.99 Å². The van der Waals surface area contributed by atoms with E-state index in [-0.39, 0.29) is 11.3 Å². The number of rotatable bonds is 4. The molecule has 0 aliphatic rings. The van der Waals surface area contributed by atoms with Crippen LogP contribution in [0.4, 0.5) is 0 Å². The van der Waals surface area contributed by atoms with E-state index < -0.39 is 5.91 Å². The van der Waals surface area contributed by atoms with Gasteiger partial charge < -0.3 is 9.67 Å². The highest BCUT2D eigenvalue weighted by Crippen LogP contribution is 2.25. The van der Waals surface area contributed by atoms with Crippen LogP contribution in [0.15, 0.2) is 88.6 Å². The number of hydrazone groups is 1. The van der Waals surface area contributed by atoms with Crippen LogP contribution in [0.3, 0.4) is 0 Å². The van der Waals surface area contributed by atoms with Crippen LogP contribution in [0.2, 0.25) is 0 Å². The summed E-state index contributed by atoms with van der Waals surface area (Å²) in [6, 6.07) is 22.4. The molecule has 0 radical (unpaired) electrons. The summed E-state index contributed by atoms with van der Waals surface area (Å²) in [4.78, 5) is 12.4. The number of phenols is 1. The number of carbonyl (C=O) groups is 1. The lowest BCUT2D eigenvalue weighted by Crippen LogP contribution is -2.18. The maximum absolute atomic E-state index is 12.4. The highest BCUT2D eigenvalue weighted by molar-refractivity contribution is 9.10. The Hall–Kier alpha value is -3.38. The maximum atomic E-state index is 12.4. The fraction of sp³-hybridized carbons (Fsp3) is 0. The first-order chi connectivity index (χ1) is 13.6. The molecule has 0 unspecified atom stereocenters. The lowest BCUT2D eigenvalue weighted by molar-refractivity contribution is 0.0952. The minimum atomic E-state index is -0.472. The molecule has 0 saturated carbocycles. The predicted molar refractivity (Wildman–Crippen MR) is 114 cm³/mol. The Bertz CT molecular complexity index is 1200. The monoisotopic (exact) mass is 433 g/mol. The highest BCUT2D eigenvalue weighted by Gasteiger charge is 2.12. The number of aromatic hydroxyl groups is 1. The number of fused-ring (bicyclic) bond motifs is 1. The Labute approximate surface area is 170 Å². The van der Waals surface area contributed by atoms with Crippen LogP contribution in [0.25, 0.3) is 16.5 Å². The Morgan fingerprint density at radius 3 is 2.57 bits per heavy atom. The van der Waals surface area contributed by atoms with Crippen molar-refractivity contribution in [2.75, 3.05) is 0 Å². The zero-order valence-corrected chi connectivity index (χ0v) is 16.3. The zero-order chi connectivity index (χ0) is 19.5. The van der Waals surface area contributed by atoms with Crippen molar-refractivity contribution in [2.45, 2.75) is 0 Å². The molecule has 0 fully saturated rings. The summed E-state index contributed by atoms with van der Waals surface area (Å²) >= 11 is 3.47. The molecule has 0 saturated heterocycles. The molecule has 28 heavy (non-hydrogen) atoms. The molecule has 1 aromatic heterocycles. The van der Waals surface area contributed by atoms with E-state index in [2.05, 4.69) is 26.5 Å². The van der Waals surface area contributed by atoms with Gasteiger partial charge in [-0.3, -0.25) is 4.79 Å². The van der Waals surface area contributed by atoms with Gasteiger partial charge in [0.2, 0.25) is 0 Å². The summed E-state index contributed by atoms with van der Waals surface area (Å²) in [6.07, 6.45) is 3.48. The van der Waals surface area contributed by atoms with E-state index in [1.807, 2.05) is 71.4 Å². The summed E-state index contributed by atoms with van der Waals surface area (Å²) < 4.78 is 2.93. The van der Waals surface area contributed by atoms with Crippen LogP contribution in [-0.4, -0.2) is 21.8 Å². The van der Waals surface area contributed by atoms with Crippen LogP contribution in [0, 0.1) is 0 Å². The zero-order valence-electron chi connectivity index (χ0n) is 14.7. The first-order valence-corrected chi connectivity index (χ1v) is 9.39. The Kier molecular flexibility index (Phi) is 4.95. The SMILES string of the molecule is O=C(NN=Cc1cccn1-c1cccc(Br)c1)c1cc2ccccc2cc1O. The van der Waals surface area contributed by atoms with Gasteiger partial charge in [0.25, 0.3) is 5.91 Å². The number of nitrogens with zero attached hydrogens (tertiary/aromatic N) is 2. The molecule has 138 valence electrons. The quantitative estimate of drug-likeness (QED) is 0.356. The van der Waals surface area contributed by atoms with Gasteiger partial charge in [-0.05, 0) is 53.2 Å². The third-order valence-electron chi connectivity index (χ3n) is 4.34. The van der Waals surface area contributed by atoms with Crippen LogP contribution in [-0.2, 0) is 0 Å². The number of phenolic OH excluding ortho intramolecular Hbond substituents is 1. The Balaban J connectivity index is 1.54. The van der Waals surface area contributed by atoms with Crippen molar-refractivity contribution >= 4 is 38.8 Å². The minimum Gasteiger partial charge on any atom is -0.507 e. The molecule has 1 heterocycles. The van der Waals surface area contributed by atoms with Gasteiger partial charge in [-0.15, -0.1) is 0 Å². The van der Waals surface area contributed by atoms with Crippen LogP contribution >= 0.6 is 15.9 Å². The molecular weight excluding hydrogens is 418 g/mol. The maximum Gasteiger partial charge on any atom is 0.275 e. The predicted octanol–water partition coefficient (Wildman–Crippen LogP) is 4.86. The van der Waals surface area contributed by atoms with Gasteiger partial charge in [-0.2, -0.15) is 5.10 Å². The molecule has 0 spiro atoms.